The fraction of sp³-hybridized carbons (Fsp3) is 0.385. The summed E-state index contributed by atoms with van der Waals surface area (Å²) in [6, 6.07) is 5.30. The highest BCUT2D eigenvalue weighted by molar-refractivity contribution is 9.10. The Morgan fingerprint density at radius 2 is 2.05 bits per heavy atom. The number of aromatic nitrogens is 1. The Morgan fingerprint density at radius 3 is 2.68 bits per heavy atom. The Kier molecular flexibility index (Phi) is 4.09. The van der Waals surface area contributed by atoms with Crippen molar-refractivity contribution in [2.75, 3.05) is 13.1 Å². The van der Waals surface area contributed by atoms with Crippen LogP contribution in [-0.2, 0) is 11.3 Å². The van der Waals surface area contributed by atoms with Gasteiger partial charge in [0.15, 0.2) is 5.58 Å². The number of benzene rings is 1. The van der Waals surface area contributed by atoms with Crippen molar-refractivity contribution in [2.45, 2.75) is 20.4 Å². The van der Waals surface area contributed by atoms with Crippen molar-refractivity contribution in [2.24, 2.45) is 0 Å². The topological polar surface area (TPSA) is 55.5 Å². The molecule has 0 unspecified atom stereocenters. The average molecular weight is 327 g/mol. The lowest BCUT2D eigenvalue weighted by molar-refractivity contribution is -0.131. The molecule has 0 aliphatic carbocycles. The fourth-order valence-electron chi connectivity index (χ4n) is 2.00. The van der Waals surface area contributed by atoms with E-state index in [4.69, 9.17) is 4.42 Å². The molecular weight excluding hydrogens is 312 g/mol. The van der Waals surface area contributed by atoms with Gasteiger partial charge < -0.3 is 9.32 Å². The molecule has 102 valence electrons. The van der Waals surface area contributed by atoms with Crippen molar-refractivity contribution < 1.29 is 9.21 Å². The highest BCUT2D eigenvalue weighted by Crippen LogP contribution is 2.18. The minimum atomic E-state index is -0.506. The lowest BCUT2D eigenvalue weighted by atomic mass is 10.3. The molecule has 2 rings (SSSR count). The van der Waals surface area contributed by atoms with Crippen molar-refractivity contribution in [1.82, 2.24) is 9.47 Å². The van der Waals surface area contributed by atoms with Gasteiger partial charge in [0.2, 0.25) is 5.91 Å². The number of carbonyl (C=O) groups is 1. The number of amides is 1. The lowest BCUT2D eigenvalue weighted by Crippen LogP contribution is -2.35. The van der Waals surface area contributed by atoms with E-state index < -0.39 is 5.76 Å². The van der Waals surface area contributed by atoms with E-state index in [1.807, 2.05) is 19.9 Å². The maximum atomic E-state index is 12.1. The van der Waals surface area contributed by atoms with E-state index in [0.29, 0.717) is 24.2 Å². The van der Waals surface area contributed by atoms with Crippen LogP contribution in [0.1, 0.15) is 13.8 Å². The number of oxazole rings is 1. The smallest absolute Gasteiger partial charge is 0.408 e. The molecule has 0 aliphatic rings. The molecule has 0 aliphatic heterocycles. The molecule has 0 radical (unpaired) electrons. The molecule has 0 spiro atoms. The van der Waals surface area contributed by atoms with Crippen molar-refractivity contribution in [3.05, 3.63) is 33.2 Å². The molecule has 2 aromatic rings. The summed E-state index contributed by atoms with van der Waals surface area (Å²) >= 11 is 3.32. The van der Waals surface area contributed by atoms with E-state index in [0.717, 1.165) is 4.47 Å². The van der Waals surface area contributed by atoms with E-state index >= 15 is 0 Å². The first-order valence-corrected chi connectivity index (χ1v) is 6.92. The van der Waals surface area contributed by atoms with E-state index in [9.17, 15) is 9.59 Å². The van der Waals surface area contributed by atoms with Gasteiger partial charge in [0.25, 0.3) is 0 Å². The van der Waals surface area contributed by atoms with Gasteiger partial charge in [-0.2, -0.15) is 0 Å². The third-order valence-electron chi connectivity index (χ3n) is 3.04. The Balaban J connectivity index is 2.38. The summed E-state index contributed by atoms with van der Waals surface area (Å²) in [5.74, 6) is -0.591. The number of halogens is 1. The molecule has 0 fully saturated rings. The van der Waals surface area contributed by atoms with Crippen LogP contribution in [0.2, 0.25) is 0 Å². The first-order valence-electron chi connectivity index (χ1n) is 6.13. The zero-order valence-electron chi connectivity index (χ0n) is 10.9. The van der Waals surface area contributed by atoms with Crippen molar-refractivity contribution in [3.8, 4) is 0 Å². The average Bonchev–Trinajstić information content (AvgIpc) is 2.66. The van der Waals surface area contributed by atoms with Gasteiger partial charge in [-0.25, -0.2) is 4.79 Å². The molecule has 1 aromatic carbocycles. The van der Waals surface area contributed by atoms with Gasteiger partial charge in [-0.1, -0.05) is 15.9 Å². The first kappa shape index (κ1) is 13.9. The van der Waals surface area contributed by atoms with E-state index in [2.05, 4.69) is 15.9 Å². The van der Waals surface area contributed by atoms with E-state index in [-0.39, 0.29) is 12.5 Å². The van der Waals surface area contributed by atoms with Gasteiger partial charge in [-0.05, 0) is 32.0 Å². The standard InChI is InChI=1S/C13H15BrN2O3/c1-3-15(4-2)12(17)8-16-10-6-5-9(14)7-11(10)19-13(16)18/h5-7H,3-4,8H2,1-2H3. The van der Waals surface area contributed by atoms with Gasteiger partial charge in [0.05, 0.1) is 5.52 Å². The van der Waals surface area contributed by atoms with Gasteiger partial charge in [-0.3, -0.25) is 9.36 Å². The van der Waals surface area contributed by atoms with Crippen LogP contribution in [0, 0.1) is 0 Å². The number of carbonyl (C=O) groups excluding carboxylic acids is 1. The summed E-state index contributed by atoms with van der Waals surface area (Å²) in [6.45, 7) is 5.09. The number of likely N-dealkylation sites (N-methyl/N-ethyl adjacent to an activating group) is 1. The van der Waals surface area contributed by atoms with Crippen LogP contribution in [0.4, 0.5) is 0 Å². The minimum absolute atomic E-state index is 0.00907. The second-order valence-corrected chi connectivity index (χ2v) is 5.05. The lowest BCUT2D eigenvalue weighted by Gasteiger charge is -2.18. The predicted octanol–water partition coefficient (Wildman–Crippen LogP) is 2.23. The van der Waals surface area contributed by atoms with E-state index in [1.54, 1.807) is 17.0 Å². The third-order valence-corrected chi connectivity index (χ3v) is 3.53. The second kappa shape index (κ2) is 5.61. The number of hydrogen-bond donors (Lipinski definition) is 0. The summed E-state index contributed by atoms with van der Waals surface area (Å²) < 4.78 is 7.33. The van der Waals surface area contributed by atoms with Crippen molar-refractivity contribution in [3.63, 3.8) is 0 Å². The molecule has 0 saturated heterocycles. The molecule has 0 saturated carbocycles. The molecule has 1 aromatic heterocycles. The van der Waals surface area contributed by atoms with Crippen LogP contribution >= 0.6 is 15.9 Å². The molecular formula is C13H15BrN2O3. The number of rotatable bonds is 4. The zero-order chi connectivity index (χ0) is 14.0. The zero-order valence-corrected chi connectivity index (χ0v) is 12.4. The molecule has 0 atom stereocenters. The summed E-state index contributed by atoms with van der Waals surface area (Å²) in [7, 11) is 0. The maximum Gasteiger partial charge on any atom is 0.420 e. The van der Waals surface area contributed by atoms with Gasteiger partial charge in [-0.15, -0.1) is 0 Å². The van der Waals surface area contributed by atoms with Crippen LogP contribution in [0.3, 0.4) is 0 Å². The maximum absolute atomic E-state index is 12.1. The summed E-state index contributed by atoms with van der Waals surface area (Å²) in [5.41, 5.74) is 1.11. The molecule has 6 heteroatoms. The van der Waals surface area contributed by atoms with Crippen LogP contribution in [0.15, 0.2) is 31.9 Å². The summed E-state index contributed by atoms with van der Waals surface area (Å²) in [5, 5.41) is 0. The Hall–Kier alpha value is -1.56. The number of fused-ring (bicyclic) bond motifs is 1. The third kappa shape index (κ3) is 2.73. The molecule has 0 bridgehead atoms. The van der Waals surface area contributed by atoms with Crippen molar-refractivity contribution >= 4 is 32.9 Å². The van der Waals surface area contributed by atoms with Crippen LogP contribution in [-0.4, -0.2) is 28.5 Å². The van der Waals surface area contributed by atoms with Crippen LogP contribution in [0.5, 0.6) is 0 Å². The Morgan fingerprint density at radius 1 is 1.37 bits per heavy atom. The second-order valence-electron chi connectivity index (χ2n) is 4.13. The molecule has 19 heavy (non-hydrogen) atoms. The SMILES string of the molecule is CCN(CC)C(=O)Cn1c(=O)oc2cc(Br)ccc21. The Bertz CT molecular complexity index is 655. The summed E-state index contributed by atoms with van der Waals surface area (Å²) in [4.78, 5) is 25.5. The Labute approximate surface area is 118 Å². The van der Waals surface area contributed by atoms with E-state index in [1.165, 1.54) is 4.57 Å². The molecule has 5 nitrogen and oxygen atoms in total. The molecule has 1 amide bonds. The fourth-order valence-corrected chi connectivity index (χ4v) is 2.34. The minimum Gasteiger partial charge on any atom is -0.408 e. The monoisotopic (exact) mass is 326 g/mol. The largest absolute Gasteiger partial charge is 0.420 e. The molecule has 1 heterocycles. The number of nitrogens with zero attached hydrogens (tertiary/aromatic N) is 2. The highest BCUT2D eigenvalue weighted by atomic mass is 79.9. The van der Waals surface area contributed by atoms with Gasteiger partial charge in [0.1, 0.15) is 6.54 Å². The summed E-state index contributed by atoms with van der Waals surface area (Å²) in [6.07, 6.45) is 0. The normalized spacial score (nSPS) is 10.9. The van der Waals surface area contributed by atoms with Crippen LogP contribution < -0.4 is 5.76 Å². The highest BCUT2D eigenvalue weighted by Gasteiger charge is 2.15. The predicted molar refractivity (Wildman–Crippen MR) is 76.1 cm³/mol. The van der Waals surface area contributed by atoms with Gasteiger partial charge in [0, 0.05) is 17.6 Å². The number of hydrogen-bond acceptors (Lipinski definition) is 3. The van der Waals surface area contributed by atoms with Crippen molar-refractivity contribution in [1.29, 1.82) is 0 Å². The van der Waals surface area contributed by atoms with Gasteiger partial charge >= 0.3 is 5.76 Å². The van der Waals surface area contributed by atoms with Crippen LogP contribution in [0.25, 0.3) is 11.1 Å². The molecule has 0 N–H and O–H groups in total. The first-order chi connectivity index (χ1) is 9.06. The quantitative estimate of drug-likeness (QED) is 0.865.